The molecular weight excluding hydrogens is 470 g/mol. The van der Waals surface area contributed by atoms with Gasteiger partial charge in [0.1, 0.15) is 17.1 Å². The summed E-state index contributed by atoms with van der Waals surface area (Å²) < 4.78 is 6.27. The maximum Gasteiger partial charge on any atom is 0.335 e. The molecule has 1 aromatic heterocycles. The summed E-state index contributed by atoms with van der Waals surface area (Å²) in [5.41, 5.74) is 0.0647. The molecule has 1 saturated heterocycles. The summed E-state index contributed by atoms with van der Waals surface area (Å²) >= 11 is 3.28. The number of carbonyl (C=O) groups excluding carboxylic acids is 3. The highest BCUT2D eigenvalue weighted by molar-refractivity contribution is 9.10. The molecule has 2 aromatic carbocycles. The number of rotatable bonds is 4. The van der Waals surface area contributed by atoms with Crippen molar-refractivity contribution in [1.29, 1.82) is 0 Å². The summed E-state index contributed by atoms with van der Waals surface area (Å²) in [6.45, 7) is 0. The predicted molar refractivity (Wildman–Crippen MR) is 114 cm³/mol. The fourth-order valence-corrected chi connectivity index (χ4v) is 3.45. The van der Waals surface area contributed by atoms with Crippen LogP contribution in [0.1, 0.15) is 5.76 Å². The van der Waals surface area contributed by atoms with Crippen LogP contribution in [0.3, 0.4) is 0 Å². The van der Waals surface area contributed by atoms with Crippen LogP contribution >= 0.6 is 15.9 Å². The molecule has 2 heterocycles. The quantitative estimate of drug-likeness (QED) is 0.256. The number of nitrogens with zero attached hydrogens (tertiary/aromatic N) is 2. The minimum atomic E-state index is -0.870. The topological polar surface area (TPSA) is 123 Å². The predicted octanol–water partition coefficient (Wildman–Crippen LogP) is 4.28. The first-order chi connectivity index (χ1) is 14.8. The Hall–Kier alpha value is -4.05. The maximum atomic E-state index is 12.9. The number of imide groups is 2. The van der Waals surface area contributed by atoms with Crippen LogP contribution in [0.4, 0.5) is 16.2 Å². The van der Waals surface area contributed by atoms with Gasteiger partial charge in [-0.15, -0.1) is 0 Å². The highest BCUT2D eigenvalue weighted by Crippen LogP contribution is 2.32. The normalized spacial score (nSPS) is 15.3. The van der Waals surface area contributed by atoms with Gasteiger partial charge in [-0.05, 0) is 42.5 Å². The number of amides is 4. The molecule has 4 rings (SSSR count). The molecule has 1 aliphatic rings. The van der Waals surface area contributed by atoms with Gasteiger partial charge in [-0.2, -0.15) is 0 Å². The van der Waals surface area contributed by atoms with Gasteiger partial charge in [-0.3, -0.25) is 25.0 Å². The summed E-state index contributed by atoms with van der Waals surface area (Å²) in [5.74, 6) is -1.38. The van der Waals surface area contributed by atoms with Gasteiger partial charge in [-0.25, -0.2) is 9.69 Å². The molecule has 0 saturated carbocycles. The SMILES string of the molecule is O=C1NC(=O)N(c2cccc(Br)c2)C(=O)/C1=C/c1ccc(-c2ccccc2[N+](=O)[O-])o1. The molecule has 4 amide bonds. The van der Waals surface area contributed by atoms with E-state index < -0.39 is 22.8 Å². The zero-order valence-electron chi connectivity index (χ0n) is 15.6. The zero-order chi connectivity index (χ0) is 22.1. The Bertz CT molecular complexity index is 1280. The monoisotopic (exact) mass is 481 g/mol. The van der Waals surface area contributed by atoms with Crippen molar-refractivity contribution < 1.29 is 23.7 Å². The highest BCUT2D eigenvalue weighted by atomic mass is 79.9. The molecule has 1 N–H and O–H groups in total. The van der Waals surface area contributed by atoms with Crippen molar-refractivity contribution in [3.63, 3.8) is 0 Å². The molecular formula is C21H12BrN3O6. The second kappa shape index (κ2) is 8.00. The number of urea groups is 1. The van der Waals surface area contributed by atoms with Crippen LogP contribution in [-0.2, 0) is 9.59 Å². The molecule has 1 fully saturated rings. The molecule has 1 aliphatic heterocycles. The van der Waals surface area contributed by atoms with Crippen molar-refractivity contribution in [2.24, 2.45) is 0 Å². The first kappa shape index (κ1) is 20.2. The van der Waals surface area contributed by atoms with Gasteiger partial charge in [0.05, 0.1) is 16.2 Å². The second-order valence-corrected chi connectivity index (χ2v) is 7.33. The van der Waals surface area contributed by atoms with Gasteiger partial charge in [0.25, 0.3) is 17.5 Å². The number of hydrogen-bond donors (Lipinski definition) is 1. The summed E-state index contributed by atoms with van der Waals surface area (Å²) in [5, 5.41) is 13.4. The fraction of sp³-hybridized carbons (Fsp3) is 0. The third-order valence-electron chi connectivity index (χ3n) is 4.45. The standard InChI is InChI=1S/C21H12BrN3O6/c22-12-4-3-5-13(10-12)24-20(27)16(19(26)23-21(24)28)11-14-8-9-18(31-14)15-6-1-2-7-17(15)25(29)30/h1-11H,(H,23,26,28)/b16-11+. The first-order valence-electron chi connectivity index (χ1n) is 8.86. The molecule has 0 spiro atoms. The van der Waals surface area contributed by atoms with Gasteiger partial charge in [0.2, 0.25) is 0 Å². The molecule has 0 bridgehead atoms. The number of anilines is 1. The van der Waals surface area contributed by atoms with E-state index in [2.05, 4.69) is 21.2 Å². The van der Waals surface area contributed by atoms with Crippen molar-refractivity contribution in [2.75, 3.05) is 4.90 Å². The third kappa shape index (κ3) is 3.88. The van der Waals surface area contributed by atoms with Crippen LogP contribution in [0.5, 0.6) is 0 Å². The average molecular weight is 482 g/mol. The van der Waals surface area contributed by atoms with Crippen molar-refractivity contribution in [1.82, 2.24) is 5.32 Å². The summed E-state index contributed by atoms with van der Waals surface area (Å²) in [4.78, 5) is 49.0. The van der Waals surface area contributed by atoms with Crippen LogP contribution in [0.2, 0.25) is 0 Å². The number of furan rings is 1. The number of nitrogens with one attached hydrogen (secondary N) is 1. The molecule has 0 unspecified atom stereocenters. The molecule has 3 aromatic rings. The van der Waals surface area contributed by atoms with Crippen LogP contribution in [0.15, 0.2) is 75.1 Å². The lowest BCUT2D eigenvalue weighted by Crippen LogP contribution is -2.54. The van der Waals surface area contributed by atoms with E-state index in [-0.39, 0.29) is 34.0 Å². The van der Waals surface area contributed by atoms with Gasteiger partial charge < -0.3 is 4.42 Å². The van der Waals surface area contributed by atoms with Crippen LogP contribution in [0, 0.1) is 10.1 Å². The van der Waals surface area contributed by atoms with E-state index >= 15 is 0 Å². The summed E-state index contributed by atoms with van der Waals surface area (Å²) in [6.07, 6.45) is 1.19. The fourth-order valence-electron chi connectivity index (χ4n) is 3.07. The number of halogens is 1. The van der Waals surface area contributed by atoms with E-state index in [1.54, 1.807) is 30.3 Å². The van der Waals surface area contributed by atoms with E-state index in [0.717, 1.165) is 4.90 Å². The molecule has 31 heavy (non-hydrogen) atoms. The van der Waals surface area contributed by atoms with Gasteiger partial charge >= 0.3 is 6.03 Å². The van der Waals surface area contributed by atoms with Gasteiger partial charge in [-0.1, -0.05) is 34.1 Å². The Morgan fingerprint density at radius 3 is 2.55 bits per heavy atom. The van der Waals surface area contributed by atoms with Crippen LogP contribution < -0.4 is 10.2 Å². The molecule has 0 aliphatic carbocycles. The number of para-hydroxylation sites is 1. The second-order valence-electron chi connectivity index (χ2n) is 6.41. The van der Waals surface area contributed by atoms with E-state index in [1.165, 1.54) is 36.4 Å². The molecule has 0 radical (unpaired) electrons. The lowest BCUT2D eigenvalue weighted by molar-refractivity contribution is -0.384. The molecule has 0 atom stereocenters. The molecule has 10 heteroatoms. The Morgan fingerprint density at radius 2 is 1.81 bits per heavy atom. The molecule has 154 valence electrons. The summed E-state index contributed by atoms with van der Waals surface area (Å²) in [7, 11) is 0. The minimum Gasteiger partial charge on any atom is -0.456 e. The Morgan fingerprint density at radius 1 is 1.03 bits per heavy atom. The average Bonchev–Trinajstić information content (AvgIpc) is 3.19. The first-order valence-corrected chi connectivity index (χ1v) is 9.65. The molecule has 9 nitrogen and oxygen atoms in total. The van der Waals surface area contributed by atoms with Crippen molar-refractivity contribution >= 4 is 51.2 Å². The van der Waals surface area contributed by atoms with Gasteiger partial charge in [0, 0.05) is 10.5 Å². The Labute approximate surface area is 183 Å². The van der Waals surface area contributed by atoms with Crippen LogP contribution in [-0.4, -0.2) is 22.8 Å². The lowest BCUT2D eigenvalue weighted by atomic mass is 10.1. The smallest absolute Gasteiger partial charge is 0.335 e. The van der Waals surface area contributed by atoms with Gasteiger partial charge in [0.15, 0.2) is 0 Å². The number of carbonyl (C=O) groups is 3. The number of nitro benzene ring substituents is 1. The highest BCUT2D eigenvalue weighted by Gasteiger charge is 2.37. The van der Waals surface area contributed by atoms with E-state index in [0.29, 0.717) is 4.47 Å². The van der Waals surface area contributed by atoms with E-state index in [9.17, 15) is 24.5 Å². The number of benzene rings is 2. The largest absolute Gasteiger partial charge is 0.456 e. The zero-order valence-corrected chi connectivity index (χ0v) is 17.2. The van der Waals surface area contributed by atoms with E-state index in [1.807, 2.05) is 0 Å². The van der Waals surface area contributed by atoms with Crippen molar-refractivity contribution in [3.05, 3.63) is 86.6 Å². The minimum absolute atomic E-state index is 0.121. The van der Waals surface area contributed by atoms with Crippen LogP contribution in [0.25, 0.3) is 17.4 Å². The van der Waals surface area contributed by atoms with Crippen molar-refractivity contribution in [3.8, 4) is 11.3 Å². The Balaban J connectivity index is 1.70. The maximum absolute atomic E-state index is 12.9. The summed E-state index contributed by atoms with van der Waals surface area (Å²) in [6, 6.07) is 14.6. The number of hydrogen-bond acceptors (Lipinski definition) is 6. The number of nitro groups is 1. The van der Waals surface area contributed by atoms with E-state index in [4.69, 9.17) is 4.42 Å². The third-order valence-corrected chi connectivity index (χ3v) is 4.94. The lowest BCUT2D eigenvalue weighted by Gasteiger charge is -2.26. The van der Waals surface area contributed by atoms with Crippen molar-refractivity contribution in [2.45, 2.75) is 0 Å². The Kier molecular flexibility index (Phi) is 5.22. The number of barbiturate groups is 1.